The lowest BCUT2D eigenvalue weighted by molar-refractivity contribution is -0.161. The summed E-state index contributed by atoms with van der Waals surface area (Å²) < 4.78 is 69.1. The summed E-state index contributed by atoms with van der Waals surface area (Å²) in [6.07, 6.45) is 78.1. The molecule has 3 unspecified atom stereocenters. The molecule has 0 saturated heterocycles. The van der Waals surface area contributed by atoms with Gasteiger partial charge in [0, 0.05) is 25.7 Å². The van der Waals surface area contributed by atoms with Crippen LogP contribution >= 0.6 is 15.6 Å². The molecule has 0 saturated carbocycles. The van der Waals surface area contributed by atoms with Crippen molar-refractivity contribution in [1.29, 1.82) is 0 Å². The second-order valence-electron chi connectivity index (χ2n) is 35.0. The Hall–Kier alpha value is -1.94. The largest absolute Gasteiger partial charge is 0.472 e. The van der Waals surface area contributed by atoms with Gasteiger partial charge in [0.2, 0.25) is 0 Å². The van der Waals surface area contributed by atoms with Gasteiger partial charge in [-0.15, -0.1) is 0 Å². The Morgan fingerprint density at radius 3 is 0.673 bits per heavy atom. The van der Waals surface area contributed by atoms with Crippen LogP contribution in [0.15, 0.2) is 0 Å². The number of esters is 4. The van der Waals surface area contributed by atoms with Crippen molar-refractivity contribution in [2.75, 3.05) is 39.6 Å². The molecule has 3 N–H and O–H groups in total. The van der Waals surface area contributed by atoms with Crippen LogP contribution in [-0.4, -0.2) is 96.7 Å². The molecule has 0 rings (SSSR count). The molecule has 0 fully saturated rings. The average Bonchev–Trinajstić information content (AvgIpc) is 0.898. The summed E-state index contributed by atoms with van der Waals surface area (Å²) >= 11 is 0. The molecule has 0 bridgehead atoms. The second kappa shape index (κ2) is 83.7. The van der Waals surface area contributed by atoms with E-state index < -0.39 is 97.5 Å². The molecular weight excluding hydrogens is 1460 g/mol. The van der Waals surface area contributed by atoms with Crippen molar-refractivity contribution in [3.8, 4) is 0 Å². The highest BCUT2D eigenvalue weighted by molar-refractivity contribution is 7.47. The second-order valence-corrected chi connectivity index (χ2v) is 37.9. The molecule has 0 radical (unpaired) electrons. The van der Waals surface area contributed by atoms with Gasteiger partial charge in [0.1, 0.15) is 19.3 Å². The fraction of sp³-hybridized carbons (Fsp3) is 0.957. The first kappa shape index (κ1) is 111. The number of phosphoric ester groups is 2. The lowest BCUT2D eigenvalue weighted by Gasteiger charge is -2.21. The first-order valence-electron chi connectivity index (χ1n) is 48.4. The highest BCUT2D eigenvalue weighted by Crippen LogP contribution is 2.45. The first-order valence-corrected chi connectivity index (χ1v) is 51.4. The zero-order chi connectivity index (χ0) is 82.9. The van der Waals surface area contributed by atoms with E-state index in [0.717, 1.165) is 108 Å². The van der Waals surface area contributed by atoms with Gasteiger partial charge in [0.25, 0.3) is 0 Å². The van der Waals surface area contributed by atoms with Gasteiger partial charge in [0.15, 0.2) is 12.2 Å². The topological polar surface area (TPSA) is 237 Å². The van der Waals surface area contributed by atoms with Crippen LogP contribution in [0.3, 0.4) is 0 Å². The predicted octanol–water partition coefficient (Wildman–Crippen LogP) is 29.2. The Balaban J connectivity index is 5.21. The molecule has 0 aliphatic carbocycles. The number of aliphatic hydroxyl groups is 1. The van der Waals surface area contributed by atoms with E-state index in [0.29, 0.717) is 31.6 Å². The summed E-state index contributed by atoms with van der Waals surface area (Å²) in [6.45, 7) is 12.1. The summed E-state index contributed by atoms with van der Waals surface area (Å²) in [5.74, 6) is 0.302. The number of rotatable bonds is 92. The van der Waals surface area contributed by atoms with E-state index in [1.165, 1.54) is 308 Å². The molecule has 17 nitrogen and oxygen atoms in total. The number of aliphatic hydroxyl groups excluding tert-OH is 1. The van der Waals surface area contributed by atoms with Gasteiger partial charge in [-0.2, -0.15) is 0 Å². The van der Waals surface area contributed by atoms with Gasteiger partial charge in [-0.25, -0.2) is 9.13 Å². The molecule has 0 amide bonds. The molecule has 0 aliphatic heterocycles. The van der Waals surface area contributed by atoms with Crippen LogP contribution in [0.4, 0.5) is 0 Å². The maximum atomic E-state index is 13.2. The third-order valence-corrected chi connectivity index (χ3v) is 24.4. The van der Waals surface area contributed by atoms with Crippen molar-refractivity contribution in [3.05, 3.63) is 0 Å². The zero-order valence-corrected chi connectivity index (χ0v) is 76.7. The lowest BCUT2D eigenvalue weighted by Crippen LogP contribution is -2.30. The van der Waals surface area contributed by atoms with Gasteiger partial charge >= 0.3 is 39.5 Å². The van der Waals surface area contributed by atoms with E-state index in [1.54, 1.807) is 0 Å². The van der Waals surface area contributed by atoms with Crippen LogP contribution in [-0.2, 0) is 65.4 Å². The molecule has 6 atom stereocenters. The number of ether oxygens (including phenoxy) is 4. The molecule has 672 valence electrons. The molecule has 0 spiro atoms. The number of hydrogen-bond donors (Lipinski definition) is 3. The van der Waals surface area contributed by atoms with Gasteiger partial charge in [-0.05, 0) is 43.4 Å². The van der Waals surface area contributed by atoms with Crippen LogP contribution in [0.5, 0.6) is 0 Å². The Labute approximate surface area is 696 Å². The van der Waals surface area contributed by atoms with Crippen molar-refractivity contribution in [2.45, 2.75) is 523 Å². The minimum atomic E-state index is -4.97. The highest BCUT2D eigenvalue weighted by Gasteiger charge is 2.31. The van der Waals surface area contributed by atoms with E-state index in [2.05, 4.69) is 48.5 Å². The number of hydrogen-bond acceptors (Lipinski definition) is 15. The molecule has 0 aromatic rings. The van der Waals surface area contributed by atoms with Crippen molar-refractivity contribution >= 4 is 39.5 Å². The molecule has 0 aromatic carbocycles. The van der Waals surface area contributed by atoms with Crippen molar-refractivity contribution in [2.24, 2.45) is 17.8 Å². The van der Waals surface area contributed by atoms with E-state index in [1.807, 2.05) is 0 Å². The lowest BCUT2D eigenvalue weighted by atomic mass is 9.99. The minimum absolute atomic E-state index is 0.108. The van der Waals surface area contributed by atoms with Gasteiger partial charge in [-0.1, -0.05) is 453 Å². The fourth-order valence-corrected chi connectivity index (χ4v) is 16.3. The van der Waals surface area contributed by atoms with Crippen molar-refractivity contribution in [3.63, 3.8) is 0 Å². The van der Waals surface area contributed by atoms with Gasteiger partial charge < -0.3 is 33.8 Å². The van der Waals surface area contributed by atoms with E-state index >= 15 is 0 Å². The number of unbranched alkanes of at least 4 members (excludes halogenated alkanes) is 59. The van der Waals surface area contributed by atoms with E-state index in [4.69, 9.17) is 37.0 Å². The van der Waals surface area contributed by atoms with Crippen LogP contribution in [0, 0.1) is 17.8 Å². The Bertz CT molecular complexity index is 2170. The van der Waals surface area contributed by atoms with E-state index in [-0.39, 0.29) is 25.7 Å². The summed E-state index contributed by atoms with van der Waals surface area (Å²) in [5, 5.41) is 10.7. The normalized spacial score (nSPS) is 14.0. The smallest absolute Gasteiger partial charge is 0.462 e. The Kier molecular flexibility index (Phi) is 82.3. The van der Waals surface area contributed by atoms with Crippen molar-refractivity contribution in [1.82, 2.24) is 0 Å². The SMILES string of the molecule is CCCCCCCCCCCCCCCCCCCCCCC(=O)O[C@H](COC(=O)CCCCCCCCCC(C)C)COP(=O)(O)OC[C@H](O)COP(=O)(O)OC[C@@H](COC(=O)CCCCCCCCCCCCCCCCCCCCC(C)C)OC(=O)CCCCCCCCCCCCCCCCCCCCC(C)CC. The molecule has 0 heterocycles. The number of carbonyl (C=O) groups is 4. The summed E-state index contributed by atoms with van der Waals surface area (Å²) in [7, 11) is -9.94. The summed E-state index contributed by atoms with van der Waals surface area (Å²) in [6, 6.07) is 0. The zero-order valence-electron chi connectivity index (χ0n) is 74.9. The maximum Gasteiger partial charge on any atom is 0.472 e. The minimum Gasteiger partial charge on any atom is -0.462 e. The Morgan fingerprint density at radius 1 is 0.257 bits per heavy atom. The average molecular weight is 1650 g/mol. The van der Waals surface area contributed by atoms with E-state index in [9.17, 15) is 43.2 Å². The molecule has 0 aliphatic rings. The third kappa shape index (κ3) is 86.3. The Morgan fingerprint density at radius 2 is 0.451 bits per heavy atom. The standard InChI is InChI=1S/C94H184O17P2/c1-8-10-11-12-13-14-15-16-17-18-19-20-28-33-38-43-48-55-63-71-78-94(99)111-90(82-105-92(97)76-69-62-57-50-52-59-66-73-86(5)6)84-109-113(102,103)107-80-88(95)79-106-112(100,101)108-83-89(81-104-91(96)75-68-61-54-47-42-37-32-27-23-21-25-30-35-40-45-51-58-65-72-85(3)4)110-93(98)77-70-64-56-49-44-39-34-29-24-22-26-31-36-41-46-53-60-67-74-87(7)9-2/h85-90,95H,8-84H2,1-7H3,(H,100,101)(H,102,103)/t87?,88-,89-,90-/m1/s1. The van der Waals surface area contributed by atoms with Gasteiger partial charge in [-0.3, -0.25) is 37.3 Å². The first-order chi connectivity index (χ1) is 54.8. The number of carbonyl (C=O) groups excluding carboxylic acids is 4. The maximum absolute atomic E-state index is 13.2. The summed E-state index contributed by atoms with van der Waals surface area (Å²) in [5.41, 5.74) is 0. The fourth-order valence-electron chi connectivity index (χ4n) is 14.8. The molecule has 113 heavy (non-hydrogen) atoms. The van der Waals surface area contributed by atoms with Crippen LogP contribution in [0.1, 0.15) is 504 Å². The molecular formula is C94H184O17P2. The quantitative estimate of drug-likeness (QED) is 0.0222. The summed E-state index contributed by atoms with van der Waals surface area (Å²) in [4.78, 5) is 73.5. The number of phosphoric acid groups is 2. The van der Waals surface area contributed by atoms with Crippen molar-refractivity contribution < 1.29 is 80.2 Å². The molecule has 19 heteroatoms. The highest BCUT2D eigenvalue weighted by atomic mass is 31.2. The monoisotopic (exact) mass is 1650 g/mol. The van der Waals surface area contributed by atoms with Crippen LogP contribution in [0.2, 0.25) is 0 Å². The predicted molar refractivity (Wildman–Crippen MR) is 469 cm³/mol. The third-order valence-electron chi connectivity index (χ3n) is 22.5. The van der Waals surface area contributed by atoms with Gasteiger partial charge in [0.05, 0.1) is 26.4 Å². The van der Waals surface area contributed by atoms with Crippen LogP contribution in [0.25, 0.3) is 0 Å². The van der Waals surface area contributed by atoms with Crippen LogP contribution < -0.4 is 0 Å². The molecule has 0 aromatic heterocycles.